The van der Waals surface area contributed by atoms with Gasteiger partial charge in [0.05, 0.1) is 6.54 Å². The van der Waals surface area contributed by atoms with Crippen LogP contribution in [0.15, 0.2) is 42.7 Å². The number of hydrogen-bond acceptors (Lipinski definition) is 3. The lowest BCUT2D eigenvalue weighted by Gasteiger charge is -2.43. The van der Waals surface area contributed by atoms with E-state index in [4.69, 9.17) is 5.73 Å². The highest BCUT2D eigenvalue weighted by atomic mass is 35.5. The number of hydrogen-bond donors (Lipinski definition) is 2. The molecular formula is C21H29ClN4O. The zero-order valence-corrected chi connectivity index (χ0v) is 16.4. The molecule has 2 fully saturated rings. The van der Waals surface area contributed by atoms with Crippen LogP contribution >= 0.6 is 12.4 Å². The van der Waals surface area contributed by atoms with E-state index in [9.17, 15) is 4.79 Å². The molecule has 5 nitrogen and oxygen atoms in total. The van der Waals surface area contributed by atoms with Crippen molar-refractivity contribution in [3.05, 3.63) is 53.9 Å². The van der Waals surface area contributed by atoms with Crippen molar-refractivity contribution in [1.29, 1.82) is 0 Å². The van der Waals surface area contributed by atoms with Crippen LogP contribution in [0.25, 0.3) is 0 Å². The summed E-state index contributed by atoms with van der Waals surface area (Å²) < 4.78 is 1.90. The van der Waals surface area contributed by atoms with Crippen LogP contribution in [0.2, 0.25) is 0 Å². The minimum Gasteiger partial charge on any atom is -0.352 e. The van der Waals surface area contributed by atoms with Gasteiger partial charge in [0.25, 0.3) is 0 Å². The fourth-order valence-electron chi connectivity index (χ4n) is 4.68. The summed E-state index contributed by atoms with van der Waals surface area (Å²) in [7, 11) is 0. The van der Waals surface area contributed by atoms with Gasteiger partial charge in [-0.3, -0.25) is 9.48 Å². The molecule has 1 aromatic carbocycles. The van der Waals surface area contributed by atoms with Crippen molar-refractivity contribution in [3.63, 3.8) is 0 Å². The molecule has 2 aromatic rings. The SMILES string of the molecule is Cl.NC1C2CCCC1CC(C(=O)NCc1ccc(Cn3cccn3)cc1)C2. The van der Waals surface area contributed by atoms with Crippen LogP contribution in [0.5, 0.6) is 0 Å². The molecule has 2 atom stereocenters. The molecule has 0 aliphatic heterocycles. The molecule has 1 amide bonds. The lowest BCUT2D eigenvalue weighted by Crippen LogP contribution is -2.49. The molecule has 4 rings (SSSR count). The molecule has 0 spiro atoms. The first-order valence-electron chi connectivity index (χ1n) is 9.77. The van der Waals surface area contributed by atoms with Crippen molar-refractivity contribution in [2.24, 2.45) is 23.5 Å². The Morgan fingerprint density at radius 2 is 1.81 bits per heavy atom. The van der Waals surface area contributed by atoms with Gasteiger partial charge in [0.15, 0.2) is 0 Å². The number of rotatable bonds is 5. The van der Waals surface area contributed by atoms with Crippen molar-refractivity contribution in [2.75, 3.05) is 0 Å². The van der Waals surface area contributed by atoms with E-state index < -0.39 is 0 Å². The van der Waals surface area contributed by atoms with E-state index in [1.54, 1.807) is 6.20 Å². The topological polar surface area (TPSA) is 72.9 Å². The molecule has 0 radical (unpaired) electrons. The Balaban J connectivity index is 0.00000210. The molecule has 6 heteroatoms. The molecule has 3 N–H and O–H groups in total. The van der Waals surface area contributed by atoms with Crippen molar-refractivity contribution in [2.45, 2.75) is 51.2 Å². The van der Waals surface area contributed by atoms with E-state index >= 15 is 0 Å². The zero-order chi connectivity index (χ0) is 17.9. The summed E-state index contributed by atoms with van der Waals surface area (Å²) in [4.78, 5) is 12.6. The third-order valence-electron chi connectivity index (χ3n) is 6.18. The first-order valence-corrected chi connectivity index (χ1v) is 9.77. The molecule has 1 aromatic heterocycles. The number of nitrogens with two attached hydrogens (primary N) is 1. The Morgan fingerprint density at radius 1 is 1.15 bits per heavy atom. The van der Waals surface area contributed by atoms with Gasteiger partial charge < -0.3 is 11.1 Å². The summed E-state index contributed by atoms with van der Waals surface area (Å²) in [6.45, 7) is 1.36. The maximum atomic E-state index is 12.6. The van der Waals surface area contributed by atoms with Crippen LogP contribution in [0.1, 0.15) is 43.2 Å². The van der Waals surface area contributed by atoms with E-state index in [-0.39, 0.29) is 24.2 Å². The first-order chi connectivity index (χ1) is 12.7. The molecule has 1 heterocycles. The van der Waals surface area contributed by atoms with Crippen LogP contribution < -0.4 is 11.1 Å². The number of benzene rings is 1. The molecule has 146 valence electrons. The Bertz CT molecular complexity index is 717. The van der Waals surface area contributed by atoms with Gasteiger partial charge in [-0.05, 0) is 54.7 Å². The first kappa shape index (κ1) is 19.9. The summed E-state index contributed by atoms with van der Waals surface area (Å²) in [5.41, 5.74) is 8.68. The Morgan fingerprint density at radius 3 is 2.44 bits per heavy atom. The van der Waals surface area contributed by atoms with E-state index in [2.05, 4.69) is 34.7 Å². The van der Waals surface area contributed by atoms with Crippen LogP contribution in [-0.4, -0.2) is 21.7 Å². The van der Waals surface area contributed by atoms with Gasteiger partial charge in [-0.25, -0.2) is 0 Å². The number of nitrogens with zero attached hydrogens (tertiary/aromatic N) is 2. The number of nitrogens with one attached hydrogen (secondary N) is 1. The van der Waals surface area contributed by atoms with Crippen LogP contribution in [-0.2, 0) is 17.9 Å². The van der Waals surface area contributed by atoms with Gasteiger partial charge in [-0.2, -0.15) is 5.10 Å². The molecule has 2 bridgehead atoms. The minimum absolute atomic E-state index is 0. The lowest BCUT2D eigenvalue weighted by molar-refractivity contribution is -0.128. The maximum absolute atomic E-state index is 12.6. The summed E-state index contributed by atoms with van der Waals surface area (Å²) in [6, 6.07) is 10.6. The van der Waals surface area contributed by atoms with Crippen molar-refractivity contribution in [1.82, 2.24) is 15.1 Å². The quantitative estimate of drug-likeness (QED) is 0.826. The van der Waals surface area contributed by atoms with Gasteiger partial charge in [0.1, 0.15) is 0 Å². The number of carbonyl (C=O) groups excluding carboxylic acids is 1. The number of aromatic nitrogens is 2. The lowest BCUT2D eigenvalue weighted by atomic mass is 9.65. The summed E-state index contributed by atoms with van der Waals surface area (Å²) in [5.74, 6) is 1.43. The van der Waals surface area contributed by atoms with Gasteiger partial charge >= 0.3 is 0 Å². The third-order valence-corrected chi connectivity index (χ3v) is 6.18. The Kier molecular flexibility index (Phi) is 6.55. The third kappa shape index (κ3) is 4.71. The average molecular weight is 389 g/mol. The normalized spacial score (nSPS) is 26.9. The smallest absolute Gasteiger partial charge is 0.223 e. The molecule has 2 saturated carbocycles. The van der Waals surface area contributed by atoms with E-state index in [1.165, 1.54) is 24.8 Å². The monoisotopic (exact) mass is 388 g/mol. The predicted octanol–water partition coefficient (Wildman–Crippen LogP) is 3.12. The van der Waals surface area contributed by atoms with Crippen molar-refractivity contribution < 1.29 is 4.79 Å². The Labute approximate surface area is 167 Å². The summed E-state index contributed by atoms with van der Waals surface area (Å²) in [5, 5.41) is 7.37. The fourth-order valence-corrected chi connectivity index (χ4v) is 4.68. The van der Waals surface area contributed by atoms with Crippen LogP contribution in [0, 0.1) is 17.8 Å². The van der Waals surface area contributed by atoms with E-state index in [1.807, 2.05) is 16.9 Å². The van der Waals surface area contributed by atoms with Crippen LogP contribution in [0.3, 0.4) is 0 Å². The largest absolute Gasteiger partial charge is 0.352 e. The molecule has 2 aliphatic carbocycles. The summed E-state index contributed by atoms with van der Waals surface area (Å²) >= 11 is 0. The van der Waals surface area contributed by atoms with E-state index in [0.29, 0.717) is 24.4 Å². The second kappa shape index (κ2) is 8.89. The number of carbonyl (C=O) groups is 1. The minimum atomic E-state index is 0. The zero-order valence-electron chi connectivity index (χ0n) is 15.6. The second-order valence-corrected chi connectivity index (χ2v) is 7.93. The van der Waals surface area contributed by atoms with Gasteiger partial charge in [0, 0.05) is 30.9 Å². The Hall–Kier alpha value is -1.85. The highest BCUT2D eigenvalue weighted by Gasteiger charge is 2.40. The van der Waals surface area contributed by atoms with Gasteiger partial charge in [-0.1, -0.05) is 30.7 Å². The fraction of sp³-hybridized carbons (Fsp3) is 0.524. The van der Waals surface area contributed by atoms with Gasteiger partial charge in [0.2, 0.25) is 5.91 Å². The van der Waals surface area contributed by atoms with Crippen molar-refractivity contribution in [3.8, 4) is 0 Å². The van der Waals surface area contributed by atoms with E-state index in [0.717, 1.165) is 24.9 Å². The van der Waals surface area contributed by atoms with Crippen LogP contribution in [0.4, 0.5) is 0 Å². The number of amides is 1. The van der Waals surface area contributed by atoms with Gasteiger partial charge in [-0.15, -0.1) is 12.4 Å². The molecular weight excluding hydrogens is 360 g/mol. The predicted molar refractivity (Wildman–Crippen MR) is 108 cm³/mol. The average Bonchev–Trinajstić information content (AvgIpc) is 3.14. The molecule has 2 aliphatic rings. The standard InChI is InChI=1S/C21H28N4O.ClH/c22-20-17-3-1-4-18(20)12-19(11-17)21(26)23-13-15-5-7-16(8-6-15)14-25-10-2-9-24-25;/h2,5-10,17-20H,1,3-4,11-14,22H2,(H,23,26);1H. The molecule has 27 heavy (non-hydrogen) atoms. The second-order valence-electron chi connectivity index (χ2n) is 7.93. The number of halogens is 1. The maximum Gasteiger partial charge on any atom is 0.223 e. The van der Waals surface area contributed by atoms with Crippen molar-refractivity contribution >= 4 is 18.3 Å². The number of fused-ring (bicyclic) bond motifs is 2. The molecule has 2 unspecified atom stereocenters. The molecule has 0 saturated heterocycles. The highest BCUT2D eigenvalue weighted by molar-refractivity contribution is 5.85. The highest BCUT2D eigenvalue weighted by Crippen LogP contribution is 2.41. The summed E-state index contributed by atoms with van der Waals surface area (Å²) in [6.07, 6.45) is 9.34.